The quantitative estimate of drug-likeness (QED) is 0.653. The van der Waals surface area contributed by atoms with Gasteiger partial charge in [-0.15, -0.1) is 0 Å². The zero-order chi connectivity index (χ0) is 13.3. The highest BCUT2D eigenvalue weighted by molar-refractivity contribution is 6.45. The van der Waals surface area contributed by atoms with Crippen LogP contribution in [0.4, 0.5) is 0 Å². The second-order valence-electron chi connectivity index (χ2n) is 3.95. The van der Waals surface area contributed by atoms with Crippen molar-refractivity contribution in [3.05, 3.63) is 51.0 Å². The van der Waals surface area contributed by atoms with E-state index >= 15 is 0 Å². The van der Waals surface area contributed by atoms with Crippen LogP contribution < -0.4 is 4.74 Å². The van der Waals surface area contributed by atoms with E-state index in [0.29, 0.717) is 15.1 Å². The molecule has 2 aromatic rings. The number of methoxy groups -OCH3 is 1. The van der Waals surface area contributed by atoms with Gasteiger partial charge >= 0.3 is 0 Å². The summed E-state index contributed by atoms with van der Waals surface area (Å²) in [7, 11) is 1.62. The van der Waals surface area contributed by atoms with Crippen molar-refractivity contribution in [1.82, 2.24) is 0 Å². The Balaban J connectivity index is 2.69. The van der Waals surface area contributed by atoms with Gasteiger partial charge in [0.15, 0.2) is 0 Å². The minimum absolute atomic E-state index is 0.432. The van der Waals surface area contributed by atoms with E-state index in [2.05, 4.69) is 0 Å². The molecule has 0 atom stereocenters. The molecule has 0 unspecified atom stereocenters. The lowest BCUT2D eigenvalue weighted by Gasteiger charge is -2.12. The first kappa shape index (κ1) is 13.5. The number of rotatable bonds is 2. The monoisotopic (exact) mass is 300 g/mol. The van der Waals surface area contributed by atoms with Crippen molar-refractivity contribution in [2.45, 2.75) is 6.92 Å². The van der Waals surface area contributed by atoms with Crippen LogP contribution in [-0.2, 0) is 0 Å². The van der Waals surface area contributed by atoms with E-state index in [-0.39, 0.29) is 0 Å². The van der Waals surface area contributed by atoms with Crippen molar-refractivity contribution in [1.29, 1.82) is 0 Å². The maximum absolute atomic E-state index is 6.22. The molecule has 18 heavy (non-hydrogen) atoms. The number of ether oxygens (including phenoxy) is 1. The van der Waals surface area contributed by atoms with Gasteiger partial charge in [0, 0.05) is 16.1 Å². The van der Waals surface area contributed by atoms with Crippen LogP contribution in [-0.4, -0.2) is 7.11 Å². The molecule has 0 fully saturated rings. The molecule has 0 N–H and O–H groups in total. The molecule has 0 bridgehead atoms. The predicted octanol–water partition coefficient (Wildman–Crippen LogP) is 5.63. The summed E-state index contributed by atoms with van der Waals surface area (Å²) in [4.78, 5) is 0. The summed E-state index contributed by atoms with van der Waals surface area (Å²) in [5.74, 6) is 0.746. The molecule has 0 amide bonds. The average Bonchev–Trinajstić information content (AvgIpc) is 2.34. The summed E-state index contributed by atoms with van der Waals surface area (Å²) < 4.78 is 5.37. The fraction of sp³-hybridized carbons (Fsp3) is 0.143. The summed E-state index contributed by atoms with van der Waals surface area (Å²) in [6.45, 7) is 2.00. The molecule has 4 heteroatoms. The van der Waals surface area contributed by atoms with E-state index in [4.69, 9.17) is 39.5 Å². The first-order valence-electron chi connectivity index (χ1n) is 5.32. The SMILES string of the molecule is COc1cc(C)ccc1-c1cc(Cl)cc(Cl)c1Cl. The molecule has 0 aliphatic rings. The van der Waals surface area contributed by atoms with Crippen molar-refractivity contribution < 1.29 is 4.74 Å². The minimum Gasteiger partial charge on any atom is -0.496 e. The normalized spacial score (nSPS) is 10.5. The number of aryl methyl sites for hydroxylation is 1. The van der Waals surface area contributed by atoms with Crippen LogP contribution in [0.2, 0.25) is 15.1 Å². The first-order chi connectivity index (χ1) is 8.52. The maximum atomic E-state index is 6.22. The van der Waals surface area contributed by atoms with Gasteiger partial charge in [-0.3, -0.25) is 0 Å². The molecular weight excluding hydrogens is 291 g/mol. The molecule has 2 aromatic carbocycles. The minimum atomic E-state index is 0.432. The Bertz CT molecular complexity index is 594. The Morgan fingerprint density at radius 3 is 2.33 bits per heavy atom. The fourth-order valence-electron chi connectivity index (χ4n) is 1.77. The van der Waals surface area contributed by atoms with Crippen molar-refractivity contribution in [2.75, 3.05) is 7.11 Å². The van der Waals surface area contributed by atoms with Gasteiger partial charge < -0.3 is 4.74 Å². The van der Waals surface area contributed by atoms with Gasteiger partial charge in [-0.2, -0.15) is 0 Å². The van der Waals surface area contributed by atoms with Crippen LogP contribution in [0.3, 0.4) is 0 Å². The number of hydrogen-bond donors (Lipinski definition) is 0. The molecule has 0 aliphatic carbocycles. The molecular formula is C14H11Cl3O. The fourth-order valence-corrected chi connectivity index (χ4v) is 2.48. The van der Waals surface area contributed by atoms with Crippen LogP contribution in [0.5, 0.6) is 5.75 Å². The zero-order valence-corrected chi connectivity index (χ0v) is 12.2. The zero-order valence-electron chi connectivity index (χ0n) is 9.93. The lowest BCUT2D eigenvalue weighted by molar-refractivity contribution is 0.416. The van der Waals surface area contributed by atoms with Crippen LogP contribution in [0.25, 0.3) is 11.1 Å². The highest BCUT2D eigenvalue weighted by atomic mass is 35.5. The third-order valence-electron chi connectivity index (χ3n) is 2.64. The smallest absolute Gasteiger partial charge is 0.127 e. The van der Waals surface area contributed by atoms with Gasteiger partial charge in [-0.1, -0.05) is 46.9 Å². The molecule has 0 heterocycles. The third-order valence-corrected chi connectivity index (χ3v) is 3.66. The summed E-state index contributed by atoms with van der Waals surface area (Å²) in [5, 5.41) is 1.45. The van der Waals surface area contributed by atoms with Gasteiger partial charge in [-0.25, -0.2) is 0 Å². The van der Waals surface area contributed by atoms with Crippen molar-refractivity contribution >= 4 is 34.8 Å². The lowest BCUT2D eigenvalue weighted by Crippen LogP contribution is -1.90. The highest BCUT2D eigenvalue weighted by Gasteiger charge is 2.13. The second kappa shape index (κ2) is 5.40. The van der Waals surface area contributed by atoms with E-state index in [1.165, 1.54) is 0 Å². The molecule has 0 radical (unpaired) electrons. The van der Waals surface area contributed by atoms with Gasteiger partial charge in [-0.05, 0) is 30.7 Å². The standard InChI is InChI=1S/C14H11Cl3O/c1-8-3-4-10(13(5-8)18-2)11-6-9(15)7-12(16)14(11)17/h3-7H,1-2H3. The Kier molecular flexibility index (Phi) is 4.06. The van der Waals surface area contributed by atoms with Gasteiger partial charge in [0.1, 0.15) is 5.75 Å². The highest BCUT2D eigenvalue weighted by Crippen LogP contribution is 2.40. The first-order valence-corrected chi connectivity index (χ1v) is 6.46. The largest absolute Gasteiger partial charge is 0.496 e. The van der Waals surface area contributed by atoms with Crippen molar-refractivity contribution in [2.24, 2.45) is 0 Å². The average molecular weight is 302 g/mol. The van der Waals surface area contributed by atoms with Gasteiger partial charge in [0.05, 0.1) is 17.2 Å². The number of halogens is 3. The van der Waals surface area contributed by atoms with Crippen LogP contribution >= 0.6 is 34.8 Å². The number of benzene rings is 2. The molecule has 1 nitrogen and oxygen atoms in total. The van der Waals surface area contributed by atoms with E-state index in [1.807, 2.05) is 25.1 Å². The Labute approximate surface area is 121 Å². The molecule has 94 valence electrons. The molecule has 2 rings (SSSR count). The number of hydrogen-bond acceptors (Lipinski definition) is 1. The van der Waals surface area contributed by atoms with Crippen LogP contribution in [0, 0.1) is 6.92 Å². The van der Waals surface area contributed by atoms with Gasteiger partial charge in [0.25, 0.3) is 0 Å². The van der Waals surface area contributed by atoms with Crippen LogP contribution in [0.1, 0.15) is 5.56 Å². The molecule has 0 saturated carbocycles. The topological polar surface area (TPSA) is 9.23 Å². The molecule has 0 saturated heterocycles. The Morgan fingerprint density at radius 1 is 0.944 bits per heavy atom. The van der Waals surface area contributed by atoms with E-state index < -0.39 is 0 Å². The second-order valence-corrected chi connectivity index (χ2v) is 5.17. The maximum Gasteiger partial charge on any atom is 0.127 e. The Morgan fingerprint density at radius 2 is 1.67 bits per heavy atom. The molecule has 0 aliphatic heterocycles. The van der Waals surface area contributed by atoms with E-state index in [1.54, 1.807) is 19.2 Å². The summed E-state index contributed by atoms with van der Waals surface area (Å²) >= 11 is 18.3. The van der Waals surface area contributed by atoms with Gasteiger partial charge in [0.2, 0.25) is 0 Å². The lowest BCUT2D eigenvalue weighted by atomic mass is 10.0. The van der Waals surface area contributed by atoms with E-state index in [0.717, 1.165) is 22.4 Å². The summed E-state index contributed by atoms with van der Waals surface area (Å²) in [6.07, 6.45) is 0. The van der Waals surface area contributed by atoms with Crippen LogP contribution in [0.15, 0.2) is 30.3 Å². The predicted molar refractivity (Wildman–Crippen MR) is 78.2 cm³/mol. The van der Waals surface area contributed by atoms with Crippen molar-refractivity contribution in [3.63, 3.8) is 0 Å². The summed E-state index contributed by atoms with van der Waals surface area (Å²) in [5.41, 5.74) is 2.75. The molecule has 0 aromatic heterocycles. The summed E-state index contributed by atoms with van der Waals surface area (Å²) in [6, 6.07) is 9.28. The third kappa shape index (κ3) is 2.59. The molecule has 0 spiro atoms. The van der Waals surface area contributed by atoms with E-state index in [9.17, 15) is 0 Å². The van der Waals surface area contributed by atoms with Crippen molar-refractivity contribution in [3.8, 4) is 16.9 Å². The Hall–Kier alpha value is -0.890.